The fourth-order valence-electron chi connectivity index (χ4n) is 3.42. The molecule has 2 aromatic carbocycles. The number of hydrogen-bond donors (Lipinski definition) is 0. The zero-order chi connectivity index (χ0) is 19.0. The monoisotopic (exact) mass is 358 g/mol. The van der Waals surface area contributed by atoms with Crippen molar-refractivity contribution in [3.63, 3.8) is 0 Å². The van der Waals surface area contributed by atoms with Gasteiger partial charge in [0, 0.05) is 12.6 Å². The molecule has 0 saturated heterocycles. The van der Waals surface area contributed by atoms with Crippen LogP contribution in [0.25, 0.3) is 22.6 Å². The molecule has 0 atom stereocenters. The average molecular weight is 358 g/mol. The lowest BCUT2D eigenvalue weighted by molar-refractivity contribution is 0.731. The summed E-state index contributed by atoms with van der Waals surface area (Å²) in [5.41, 5.74) is 4.59. The van der Waals surface area contributed by atoms with Crippen molar-refractivity contribution in [1.29, 1.82) is 0 Å². The van der Waals surface area contributed by atoms with Gasteiger partial charge in [0.1, 0.15) is 5.52 Å². The van der Waals surface area contributed by atoms with E-state index in [9.17, 15) is 4.79 Å². The number of aromatic nitrogens is 4. The first-order valence-electron chi connectivity index (χ1n) is 9.11. The van der Waals surface area contributed by atoms with Crippen LogP contribution >= 0.6 is 0 Å². The summed E-state index contributed by atoms with van der Waals surface area (Å²) in [6.45, 7) is 4.80. The lowest BCUT2D eigenvalue weighted by Gasteiger charge is -2.11. The first kappa shape index (κ1) is 17.2. The van der Waals surface area contributed by atoms with Gasteiger partial charge in [-0.1, -0.05) is 68.4 Å². The Kier molecular flexibility index (Phi) is 4.36. The van der Waals surface area contributed by atoms with Crippen LogP contribution in [0.3, 0.4) is 0 Å². The molecule has 136 valence electrons. The van der Waals surface area contributed by atoms with Gasteiger partial charge in [0.05, 0.1) is 12.7 Å². The molecule has 0 spiro atoms. The highest BCUT2D eigenvalue weighted by atomic mass is 16.1. The minimum absolute atomic E-state index is 0.0857. The molecule has 4 rings (SSSR count). The van der Waals surface area contributed by atoms with E-state index in [1.54, 1.807) is 22.4 Å². The van der Waals surface area contributed by atoms with Crippen LogP contribution in [-0.2, 0) is 13.6 Å². The van der Waals surface area contributed by atoms with E-state index in [-0.39, 0.29) is 5.69 Å². The number of imidazole rings is 1. The Morgan fingerprint density at radius 2 is 1.70 bits per heavy atom. The third-order valence-electron chi connectivity index (χ3n) is 4.89. The summed E-state index contributed by atoms with van der Waals surface area (Å²) in [5, 5.41) is 0. The van der Waals surface area contributed by atoms with E-state index in [4.69, 9.17) is 4.98 Å². The highest BCUT2D eigenvalue weighted by Crippen LogP contribution is 2.27. The summed E-state index contributed by atoms with van der Waals surface area (Å²) in [6.07, 6.45) is 1.75. The second kappa shape index (κ2) is 6.83. The lowest BCUT2D eigenvalue weighted by atomic mass is 9.97. The quantitative estimate of drug-likeness (QED) is 0.555. The number of rotatable bonds is 4. The molecule has 0 fully saturated rings. The molecule has 2 heterocycles. The molecule has 0 unspecified atom stereocenters. The van der Waals surface area contributed by atoms with Crippen molar-refractivity contribution in [3.8, 4) is 11.4 Å². The normalized spacial score (nSPS) is 11.4. The van der Waals surface area contributed by atoms with E-state index in [1.165, 1.54) is 5.56 Å². The van der Waals surface area contributed by atoms with Crippen LogP contribution in [0, 0.1) is 0 Å². The van der Waals surface area contributed by atoms with Crippen molar-refractivity contribution in [1.82, 2.24) is 19.1 Å². The fraction of sp³-hybridized carbons (Fsp3) is 0.227. The highest BCUT2D eigenvalue weighted by molar-refractivity contribution is 5.74. The minimum Gasteiger partial charge on any atom is -0.292 e. The standard InChI is InChI=1S/C22H22N4O/c1-15(2)17-11-7-8-12-18(17)20-23-13-19-21(24-20)26(22(27)25(19)3)14-16-9-5-4-6-10-16/h4-13,15H,14H2,1-3H3. The summed E-state index contributed by atoms with van der Waals surface area (Å²) < 4.78 is 3.32. The van der Waals surface area contributed by atoms with Gasteiger partial charge in [-0.3, -0.25) is 9.13 Å². The molecule has 2 aromatic heterocycles. The summed E-state index contributed by atoms with van der Waals surface area (Å²) in [5.74, 6) is 1.02. The molecule has 0 radical (unpaired) electrons. The maximum atomic E-state index is 12.8. The van der Waals surface area contributed by atoms with Gasteiger partial charge < -0.3 is 0 Å². The van der Waals surface area contributed by atoms with Crippen molar-refractivity contribution >= 4 is 11.2 Å². The molecule has 0 aliphatic heterocycles. The molecule has 0 bridgehead atoms. The molecule has 0 N–H and O–H groups in total. The summed E-state index contributed by atoms with van der Waals surface area (Å²) in [7, 11) is 1.76. The third kappa shape index (κ3) is 3.05. The van der Waals surface area contributed by atoms with E-state index in [2.05, 4.69) is 24.9 Å². The molecule has 0 amide bonds. The van der Waals surface area contributed by atoms with Gasteiger partial charge in [-0.05, 0) is 17.0 Å². The Hall–Kier alpha value is -3.21. The molecular weight excluding hydrogens is 336 g/mol. The van der Waals surface area contributed by atoms with Crippen molar-refractivity contribution < 1.29 is 0 Å². The molecule has 0 aliphatic rings. The largest absolute Gasteiger partial charge is 0.330 e. The SMILES string of the molecule is CC(C)c1ccccc1-c1ncc2c(n1)n(Cc1ccccc1)c(=O)n2C. The van der Waals surface area contributed by atoms with Gasteiger partial charge in [0.2, 0.25) is 0 Å². The van der Waals surface area contributed by atoms with Gasteiger partial charge >= 0.3 is 5.69 Å². The van der Waals surface area contributed by atoms with Crippen LogP contribution < -0.4 is 5.69 Å². The first-order chi connectivity index (χ1) is 13.1. The number of fused-ring (bicyclic) bond motifs is 1. The zero-order valence-electron chi connectivity index (χ0n) is 15.8. The highest BCUT2D eigenvalue weighted by Gasteiger charge is 2.16. The van der Waals surface area contributed by atoms with Crippen molar-refractivity contribution in [2.24, 2.45) is 7.05 Å². The van der Waals surface area contributed by atoms with E-state index < -0.39 is 0 Å². The lowest BCUT2D eigenvalue weighted by Crippen LogP contribution is -2.22. The van der Waals surface area contributed by atoms with Crippen LogP contribution in [0.15, 0.2) is 65.6 Å². The maximum Gasteiger partial charge on any atom is 0.330 e. The predicted octanol–water partition coefficient (Wildman–Crippen LogP) is 3.97. The fourth-order valence-corrected chi connectivity index (χ4v) is 3.42. The van der Waals surface area contributed by atoms with Crippen LogP contribution in [0.4, 0.5) is 0 Å². The van der Waals surface area contributed by atoms with Crippen molar-refractivity contribution in [3.05, 3.63) is 82.4 Å². The zero-order valence-corrected chi connectivity index (χ0v) is 15.8. The van der Waals surface area contributed by atoms with E-state index in [0.717, 1.165) is 16.6 Å². The number of hydrogen-bond acceptors (Lipinski definition) is 3. The molecule has 5 heteroatoms. The second-order valence-corrected chi connectivity index (χ2v) is 7.06. The number of benzene rings is 2. The molecule has 0 saturated carbocycles. The molecule has 5 nitrogen and oxygen atoms in total. The van der Waals surface area contributed by atoms with Gasteiger partial charge in [0.15, 0.2) is 11.5 Å². The van der Waals surface area contributed by atoms with E-state index in [0.29, 0.717) is 23.9 Å². The van der Waals surface area contributed by atoms with Crippen LogP contribution in [0.1, 0.15) is 30.9 Å². The summed E-state index contributed by atoms with van der Waals surface area (Å²) in [4.78, 5) is 22.1. The van der Waals surface area contributed by atoms with Crippen molar-refractivity contribution in [2.75, 3.05) is 0 Å². The smallest absolute Gasteiger partial charge is 0.292 e. The molecular formula is C22H22N4O. The van der Waals surface area contributed by atoms with Gasteiger partial charge in [-0.25, -0.2) is 14.8 Å². The van der Waals surface area contributed by atoms with E-state index >= 15 is 0 Å². The minimum atomic E-state index is -0.0857. The Bertz CT molecular complexity index is 1160. The topological polar surface area (TPSA) is 52.7 Å². The Morgan fingerprint density at radius 1 is 1.00 bits per heavy atom. The summed E-state index contributed by atoms with van der Waals surface area (Å²) >= 11 is 0. The second-order valence-electron chi connectivity index (χ2n) is 7.06. The van der Waals surface area contributed by atoms with Crippen LogP contribution in [0.2, 0.25) is 0 Å². The van der Waals surface area contributed by atoms with Crippen molar-refractivity contribution in [2.45, 2.75) is 26.3 Å². The average Bonchev–Trinajstić information content (AvgIpc) is 2.93. The van der Waals surface area contributed by atoms with Crippen LogP contribution in [-0.4, -0.2) is 19.1 Å². The van der Waals surface area contributed by atoms with Gasteiger partial charge in [-0.15, -0.1) is 0 Å². The van der Waals surface area contributed by atoms with Gasteiger partial charge in [-0.2, -0.15) is 0 Å². The molecule has 4 aromatic rings. The Labute approximate surface area is 158 Å². The molecule has 27 heavy (non-hydrogen) atoms. The Morgan fingerprint density at radius 3 is 2.44 bits per heavy atom. The maximum absolute atomic E-state index is 12.8. The predicted molar refractivity (Wildman–Crippen MR) is 108 cm³/mol. The first-order valence-corrected chi connectivity index (χ1v) is 9.11. The number of nitrogens with zero attached hydrogens (tertiary/aromatic N) is 4. The third-order valence-corrected chi connectivity index (χ3v) is 4.89. The molecule has 0 aliphatic carbocycles. The summed E-state index contributed by atoms with van der Waals surface area (Å²) in [6, 6.07) is 18.1. The van der Waals surface area contributed by atoms with Crippen LogP contribution in [0.5, 0.6) is 0 Å². The number of aryl methyl sites for hydroxylation is 1. The van der Waals surface area contributed by atoms with Gasteiger partial charge in [0.25, 0.3) is 0 Å². The Balaban J connectivity index is 1.90. The van der Waals surface area contributed by atoms with E-state index in [1.807, 2.05) is 48.5 Å².